The number of carbonyl (C=O) groups is 2. The molecule has 0 aliphatic rings. The van der Waals surface area contributed by atoms with Gasteiger partial charge in [0.1, 0.15) is 0 Å². The molecular weight excluding hydrogens is 244 g/mol. The average Bonchev–Trinajstić information content (AvgIpc) is 2.17. The summed E-state index contributed by atoms with van der Waals surface area (Å²) in [5.41, 5.74) is 5.42. The molecule has 1 aromatic rings. The number of primary amides is 1. The van der Waals surface area contributed by atoms with Gasteiger partial charge in [0.25, 0.3) is 10.5 Å². The van der Waals surface area contributed by atoms with Crippen LogP contribution in [0.2, 0.25) is 0 Å². The maximum absolute atomic E-state index is 10.6. The molecule has 0 saturated carbocycles. The largest absolute Gasteiger partial charge is 0.361 e. The zero-order valence-corrected chi connectivity index (χ0v) is 10.5. The van der Waals surface area contributed by atoms with Gasteiger partial charge >= 0.3 is 0 Å². The second-order valence-electron chi connectivity index (χ2n) is 2.92. The van der Waals surface area contributed by atoms with Gasteiger partial charge < -0.3 is 11.1 Å². The minimum atomic E-state index is -0.639. The van der Waals surface area contributed by atoms with Crippen LogP contribution in [0, 0.1) is 0 Å². The lowest BCUT2D eigenvalue weighted by molar-refractivity contribution is 0.258. The summed E-state index contributed by atoms with van der Waals surface area (Å²) in [6.07, 6.45) is 0. The third-order valence-electron chi connectivity index (χ3n) is 1.64. The Labute approximate surface area is 105 Å². The molecule has 0 saturated heterocycles. The predicted molar refractivity (Wildman–Crippen MR) is 70.9 cm³/mol. The molecule has 0 bridgehead atoms. The molecule has 6 heteroatoms. The number of nitrogens with one attached hydrogen (secondary N) is 1. The van der Waals surface area contributed by atoms with E-state index in [1.54, 1.807) is 0 Å². The Morgan fingerprint density at radius 3 is 2.06 bits per heavy atom. The van der Waals surface area contributed by atoms with Crippen LogP contribution >= 0.6 is 25.3 Å². The summed E-state index contributed by atoms with van der Waals surface area (Å²) in [7, 11) is 0. The first kappa shape index (κ1) is 14.9. The van der Waals surface area contributed by atoms with Gasteiger partial charge in [-0.05, 0) is 12.5 Å². The number of rotatable bonds is 2. The van der Waals surface area contributed by atoms with Crippen LogP contribution in [-0.2, 0) is 0 Å². The van der Waals surface area contributed by atoms with Gasteiger partial charge in [0.15, 0.2) is 0 Å². The monoisotopic (exact) mass is 258 g/mol. The van der Waals surface area contributed by atoms with Crippen LogP contribution in [0.25, 0.3) is 0 Å². The molecule has 0 aromatic heterocycles. The summed E-state index contributed by atoms with van der Waals surface area (Å²) in [5, 5.41) is 1.75. The second kappa shape index (κ2) is 8.06. The number of thiol groups is 2. The van der Waals surface area contributed by atoms with E-state index in [1.807, 2.05) is 37.3 Å². The van der Waals surface area contributed by atoms with Gasteiger partial charge in [-0.25, -0.2) is 0 Å². The number of amides is 2. The van der Waals surface area contributed by atoms with Crippen molar-refractivity contribution in [2.24, 2.45) is 5.73 Å². The van der Waals surface area contributed by atoms with E-state index in [2.05, 4.69) is 36.3 Å². The summed E-state index contributed by atoms with van der Waals surface area (Å²) >= 11 is 6.74. The predicted octanol–water partition coefficient (Wildman–Crippen LogP) is 2.38. The summed E-state index contributed by atoms with van der Waals surface area (Å²) in [6, 6.07) is 9.78. The van der Waals surface area contributed by atoms with Crippen LogP contribution in [0.4, 0.5) is 9.59 Å². The van der Waals surface area contributed by atoms with E-state index in [1.165, 1.54) is 0 Å². The molecular formula is C10H14N2O2S2. The molecule has 1 rings (SSSR count). The topological polar surface area (TPSA) is 72.2 Å². The minimum Gasteiger partial charge on any atom is -0.361 e. The summed E-state index contributed by atoms with van der Waals surface area (Å²) < 4.78 is 0. The van der Waals surface area contributed by atoms with Gasteiger partial charge in [0, 0.05) is 0 Å². The molecule has 1 aromatic carbocycles. The Hall–Kier alpha value is -1.14. The molecule has 0 fully saturated rings. The highest BCUT2D eigenvalue weighted by molar-refractivity contribution is 7.96. The van der Waals surface area contributed by atoms with E-state index in [9.17, 15) is 4.79 Å². The van der Waals surface area contributed by atoms with E-state index in [4.69, 9.17) is 4.79 Å². The van der Waals surface area contributed by atoms with Gasteiger partial charge in [-0.2, -0.15) is 0 Å². The standard InChI is InChI=1S/C9H11NOS.CH3NOS/c1-7(10-9(11)12)8-5-3-2-4-6-8;2-1(3)4/h2-7H,1H3,(H2,10,11,12);(H3,2,3,4). The number of benzene rings is 1. The molecule has 0 heterocycles. The van der Waals surface area contributed by atoms with Gasteiger partial charge in [-0.3, -0.25) is 9.59 Å². The van der Waals surface area contributed by atoms with Crippen molar-refractivity contribution < 1.29 is 9.59 Å². The smallest absolute Gasteiger partial charge is 0.276 e. The molecule has 1 unspecified atom stereocenters. The lowest BCUT2D eigenvalue weighted by Crippen LogP contribution is -2.20. The fourth-order valence-corrected chi connectivity index (χ4v) is 1.20. The minimum absolute atomic E-state index is 0.0243. The highest BCUT2D eigenvalue weighted by atomic mass is 32.1. The van der Waals surface area contributed by atoms with Crippen LogP contribution in [0.3, 0.4) is 0 Å². The van der Waals surface area contributed by atoms with Crippen molar-refractivity contribution in [3.8, 4) is 0 Å². The molecule has 0 spiro atoms. The van der Waals surface area contributed by atoms with Crippen molar-refractivity contribution >= 4 is 35.7 Å². The molecule has 0 aliphatic carbocycles. The molecule has 16 heavy (non-hydrogen) atoms. The Kier molecular flexibility index (Phi) is 7.49. The second-order valence-corrected chi connectivity index (χ2v) is 3.77. The Morgan fingerprint density at radius 2 is 1.69 bits per heavy atom. The maximum Gasteiger partial charge on any atom is 0.276 e. The normalized spacial score (nSPS) is 10.7. The van der Waals surface area contributed by atoms with Crippen LogP contribution in [0.5, 0.6) is 0 Å². The third-order valence-corrected chi connectivity index (χ3v) is 1.77. The molecule has 88 valence electrons. The lowest BCUT2D eigenvalue weighted by Gasteiger charge is -2.11. The molecule has 2 amide bonds. The van der Waals surface area contributed by atoms with Crippen molar-refractivity contribution in [2.75, 3.05) is 0 Å². The molecule has 0 aliphatic heterocycles. The Bertz CT molecular complexity index is 340. The Balaban J connectivity index is 0.000000487. The van der Waals surface area contributed by atoms with Crippen molar-refractivity contribution in [2.45, 2.75) is 13.0 Å². The maximum atomic E-state index is 10.6. The van der Waals surface area contributed by atoms with Gasteiger partial charge in [-0.15, -0.1) is 0 Å². The van der Waals surface area contributed by atoms with Crippen molar-refractivity contribution in [3.05, 3.63) is 35.9 Å². The van der Waals surface area contributed by atoms with Crippen LogP contribution in [0.1, 0.15) is 18.5 Å². The number of carbonyl (C=O) groups excluding carboxylic acids is 2. The zero-order chi connectivity index (χ0) is 12.6. The van der Waals surface area contributed by atoms with Crippen molar-refractivity contribution in [1.82, 2.24) is 5.32 Å². The number of nitrogens with two attached hydrogens (primary N) is 1. The summed E-state index contributed by atoms with van der Waals surface area (Å²) in [6.45, 7) is 1.92. The highest BCUT2D eigenvalue weighted by Gasteiger charge is 2.04. The fraction of sp³-hybridized carbons (Fsp3) is 0.200. The fourth-order valence-electron chi connectivity index (χ4n) is 1.01. The van der Waals surface area contributed by atoms with E-state index >= 15 is 0 Å². The van der Waals surface area contributed by atoms with E-state index in [0.29, 0.717) is 0 Å². The van der Waals surface area contributed by atoms with Crippen LogP contribution in [0.15, 0.2) is 30.3 Å². The van der Waals surface area contributed by atoms with Gasteiger partial charge in [0.05, 0.1) is 6.04 Å². The number of hydrogen-bond donors (Lipinski definition) is 4. The molecule has 0 radical (unpaired) electrons. The first-order valence-corrected chi connectivity index (χ1v) is 5.35. The third kappa shape index (κ3) is 8.19. The zero-order valence-electron chi connectivity index (χ0n) is 8.75. The van der Waals surface area contributed by atoms with Crippen molar-refractivity contribution in [3.63, 3.8) is 0 Å². The molecule has 4 nitrogen and oxygen atoms in total. The first-order chi connectivity index (χ1) is 7.43. The molecule has 3 N–H and O–H groups in total. The Morgan fingerprint density at radius 1 is 1.25 bits per heavy atom. The van der Waals surface area contributed by atoms with E-state index < -0.39 is 5.24 Å². The SMILES string of the molecule is CC(NC(=O)S)c1ccccc1.NC(=O)S. The molecule has 1 atom stereocenters. The van der Waals surface area contributed by atoms with Crippen LogP contribution in [-0.4, -0.2) is 10.5 Å². The first-order valence-electron chi connectivity index (χ1n) is 4.46. The van der Waals surface area contributed by atoms with Gasteiger partial charge in [-0.1, -0.05) is 55.6 Å². The quantitative estimate of drug-likeness (QED) is 0.615. The highest BCUT2D eigenvalue weighted by Crippen LogP contribution is 2.10. The van der Waals surface area contributed by atoms with Crippen molar-refractivity contribution in [1.29, 1.82) is 0 Å². The van der Waals surface area contributed by atoms with Crippen LogP contribution < -0.4 is 11.1 Å². The van der Waals surface area contributed by atoms with Gasteiger partial charge in [0.2, 0.25) is 0 Å². The summed E-state index contributed by atoms with van der Waals surface area (Å²) in [5.74, 6) is 0. The lowest BCUT2D eigenvalue weighted by atomic mass is 10.1. The number of hydrogen-bond acceptors (Lipinski definition) is 2. The van der Waals surface area contributed by atoms with E-state index in [-0.39, 0.29) is 11.3 Å². The van der Waals surface area contributed by atoms with E-state index in [0.717, 1.165) is 5.56 Å². The average molecular weight is 258 g/mol. The summed E-state index contributed by atoms with van der Waals surface area (Å²) in [4.78, 5) is 19.7.